The van der Waals surface area contributed by atoms with Crippen molar-refractivity contribution in [2.75, 3.05) is 16.5 Å². The van der Waals surface area contributed by atoms with Crippen LogP contribution >= 0.6 is 34.5 Å². The maximum Gasteiger partial charge on any atom is 0.257 e. The predicted molar refractivity (Wildman–Crippen MR) is 104 cm³/mol. The van der Waals surface area contributed by atoms with Gasteiger partial charge in [-0.2, -0.15) is 0 Å². The smallest absolute Gasteiger partial charge is 0.257 e. The van der Waals surface area contributed by atoms with E-state index < -0.39 is 5.91 Å². The Bertz CT molecular complexity index is 947. The van der Waals surface area contributed by atoms with Crippen LogP contribution in [0.5, 0.6) is 0 Å². The number of halogens is 2. The van der Waals surface area contributed by atoms with Crippen molar-refractivity contribution in [2.45, 2.75) is 0 Å². The van der Waals surface area contributed by atoms with E-state index in [1.54, 1.807) is 6.07 Å². The summed E-state index contributed by atoms with van der Waals surface area (Å²) in [6, 6.07) is 14.1. The van der Waals surface area contributed by atoms with Crippen molar-refractivity contribution < 1.29 is 9.59 Å². The van der Waals surface area contributed by atoms with Crippen molar-refractivity contribution in [3.63, 3.8) is 0 Å². The van der Waals surface area contributed by atoms with Gasteiger partial charge in [0.2, 0.25) is 11.0 Å². The minimum Gasteiger partial charge on any atom is -0.324 e. The quantitative estimate of drug-likeness (QED) is 0.618. The van der Waals surface area contributed by atoms with E-state index >= 15 is 0 Å². The second-order valence-corrected chi connectivity index (χ2v) is 6.76. The van der Waals surface area contributed by atoms with Crippen LogP contribution in [0.15, 0.2) is 48.5 Å². The topological polar surface area (TPSA) is 84.0 Å². The number of hydrogen-bond acceptors (Lipinski definition) is 5. The zero-order valence-corrected chi connectivity index (χ0v) is 15.5. The lowest BCUT2D eigenvalue weighted by Gasteiger charge is -2.08. The van der Waals surface area contributed by atoms with Gasteiger partial charge in [-0.15, -0.1) is 21.8 Å². The molecule has 2 N–H and O–H groups in total. The summed E-state index contributed by atoms with van der Waals surface area (Å²) in [4.78, 5) is 23.8. The number of alkyl halides is 1. The third-order valence-electron chi connectivity index (χ3n) is 3.29. The average Bonchev–Trinajstić information content (AvgIpc) is 3.12. The van der Waals surface area contributed by atoms with Gasteiger partial charge < -0.3 is 5.32 Å². The number of carbonyl (C=O) groups is 2. The van der Waals surface area contributed by atoms with Crippen molar-refractivity contribution in [3.8, 4) is 10.6 Å². The Labute approximate surface area is 163 Å². The molecule has 0 aliphatic rings. The number of aromatic nitrogens is 2. The number of anilines is 2. The molecule has 3 aromatic rings. The lowest BCUT2D eigenvalue weighted by atomic mass is 10.2. The molecular formula is C17H12Cl2N4O2S. The number of carbonyl (C=O) groups excluding carboxylic acids is 2. The van der Waals surface area contributed by atoms with Crippen LogP contribution in [0.1, 0.15) is 10.4 Å². The van der Waals surface area contributed by atoms with E-state index in [1.165, 1.54) is 23.5 Å². The fourth-order valence-electron chi connectivity index (χ4n) is 2.09. The van der Waals surface area contributed by atoms with Crippen LogP contribution in [0.25, 0.3) is 10.6 Å². The molecule has 132 valence electrons. The Morgan fingerprint density at radius 1 is 1.04 bits per heavy atom. The third-order valence-corrected chi connectivity index (χ3v) is 4.75. The van der Waals surface area contributed by atoms with Crippen LogP contribution in [0.2, 0.25) is 5.02 Å². The summed E-state index contributed by atoms with van der Waals surface area (Å²) >= 11 is 12.8. The Kier molecular flexibility index (Phi) is 5.82. The second-order valence-electron chi connectivity index (χ2n) is 5.11. The zero-order chi connectivity index (χ0) is 18.5. The highest BCUT2D eigenvalue weighted by Crippen LogP contribution is 2.27. The van der Waals surface area contributed by atoms with Crippen LogP contribution < -0.4 is 10.6 Å². The number of nitrogens with zero attached hydrogens (tertiary/aromatic N) is 2. The van der Waals surface area contributed by atoms with E-state index in [0.717, 1.165) is 5.56 Å². The normalized spacial score (nSPS) is 10.4. The largest absolute Gasteiger partial charge is 0.324 e. The molecule has 0 saturated carbocycles. The minimum absolute atomic E-state index is 0.209. The van der Waals surface area contributed by atoms with E-state index in [2.05, 4.69) is 20.8 Å². The summed E-state index contributed by atoms with van der Waals surface area (Å²) in [6.45, 7) is 0. The van der Waals surface area contributed by atoms with Gasteiger partial charge in [0.1, 0.15) is 10.9 Å². The van der Waals surface area contributed by atoms with E-state index in [4.69, 9.17) is 23.2 Å². The maximum absolute atomic E-state index is 12.4. The highest BCUT2D eigenvalue weighted by Gasteiger charge is 2.14. The SMILES string of the molecule is O=C(CCl)Nc1cc(C(=O)Nc2nnc(-c3ccccc3)s2)ccc1Cl. The van der Waals surface area contributed by atoms with Gasteiger partial charge in [0.25, 0.3) is 5.91 Å². The summed E-state index contributed by atoms with van der Waals surface area (Å²) in [7, 11) is 0. The van der Waals surface area contributed by atoms with Crippen molar-refractivity contribution in [1.82, 2.24) is 10.2 Å². The van der Waals surface area contributed by atoms with Gasteiger partial charge in [0.05, 0.1) is 10.7 Å². The first-order valence-corrected chi connectivity index (χ1v) is 9.15. The van der Waals surface area contributed by atoms with Gasteiger partial charge in [-0.25, -0.2) is 0 Å². The fraction of sp³-hybridized carbons (Fsp3) is 0.0588. The molecule has 0 unspecified atom stereocenters. The van der Waals surface area contributed by atoms with E-state index in [9.17, 15) is 9.59 Å². The van der Waals surface area contributed by atoms with Gasteiger partial charge in [0.15, 0.2) is 0 Å². The van der Waals surface area contributed by atoms with Crippen molar-refractivity contribution in [2.24, 2.45) is 0 Å². The maximum atomic E-state index is 12.4. The summed E-state index contributed by atoms with van der Waals surface area (Å²) in [5.41, 5.74) is 1.55. The predicted octanol–water partition coefficient (Wildman–Crippen LogP) is 4.29. The highest BCUT2D eigenvalue weighted by atomic mass is 35.5. The van der Waals surface area contributed by atoms with E-state index in [1.807, 2.05) is 30.3 Å². The number of rotatable bonds is 5. The van der Waals surface area contributed by atoms with Crippen LogP contribution in [0.4, 0.5) is 10.8 Å². The zero-order valence-electron chi connectivity index (χ0n) is 13.2. The fourth-order valence-corrected chi connectivity index (χ4v) is 3.06. The standard InChI is InChI=1S/C17H12Cl2N4O2S/c18-9-14(24)20-13-8-11(6-7-12(13)19)15(25)21-17-23-22-16(26-17)10-4-2-1-3-5-10/h1-8H,9H2,(H,20,24)(H,21,23,25). The highest BCUT2D eigenvalue weighted by molar-refractivity contribution is 7.18. The van der Waals surface area contributed by atoms with Gasteiger partial charge in [-0.1, -0.05) is 53.3 Å². The van der Waals surface area contributed by atoms with Crippen LogP contribution in [-0.4, -0.2) is 27.9 Å². The minimum atomic E-state index is -0.414. The lowest BCUT2D eigenvalue weighted by molar-refractivity contribution is -0.113. The Morgan fingerprint density at radius 3 is 2.54 bits per heavy atom. The summed E-state index contributed by atoms with van der Waals surface area (Å²) < 4.78 is 0. The van der Waals surface area contributed by atoms with Gasteiger partial charge in [-0.3, -0.25) is 14.9 Å². The molecule has 0 aliphatic heterocycles. The van der Waals surface area contributed by atoms with Gasteiger partial charge >= 0.3 is 0 Å². The Balaban J connectivity index is 1.75. The first kappa shape index (κ1) is 18.3. The van der Waals surface area contributed by atoms with E-state index in [-0.39, 0.29) is 11.8 Å². The number of benzene rings is 2. The lowest BCUT2D eigenvalue weighted by Crippen LogP contribution is -2.15. The molecule has 0 radical (unpaired) electrons. The third kappa shape index (κ3) is 4.37. The number of amides is 2. The summed E-state index contributed by atoms with van der Waals surface area (Å²) in [5.74, 6) is -1.01. The molecule has 2 amide bonds. The molecule has 0 atom stereocenters. The molecule has 3 rings (SSSR count). The molecule has 0 saturated heterocycles. The van der Waals surface area contributed by atoms with Crippen molar-refractivity contribution >= 4 is 57.2 Å². The molecule has 0 bridgehead atoms. The average molecular weight is 407 g/mol. The van der Waals surface area contributed by atoms with E-state index in [0.29, 0.717) is 26.4 Å². The monoisotopic (exact) mass is 406 g/mol. The van der Waals surface area contributed by atoms with Crippen molar-refractivity contribution in [3.05, 3.63) is 59.1 Å². The van der Waals surface area contributed by atoms with Crippen LogP contribution in [0, 0.1) is 0 Å². The van der Waals surface area contributed by atoms with Gasteiger partial charge in [0, 0.05) is 11.1 Å². The Hall–Kier alpha value is -2.48. The molecule has 1 heterocycles. The summed E-state index contributed by atoms with van der Waals surface area (Å²) in [5, 5.41) is 14.7. The molecule has 6 nitrogen and oxygen atoms in total. The molecule has 1 aromatic heterocycles. The van der Waals surface area contributed by atoms with Crippen LogP contribution in [0.3, 0.4) is 0 Å². The molecule has 2 aromatic carbocycles. The molecule has 0 aliphatic carbocycles. The Morgan fingerprint density at radius 2 is 1.81 bits per heavy atom. The van der Waals surface area contributed by atoms with Crippen molar-refractivity contribution in [1.29, 1.82) is 0 Å². The molecule has 0 fully saturated rings. The summed E-state index contributed by atoms with van der Waals surface area (Å²) in [6.07, 6.45) is 0. The molecule has 26 heavy (non-hydrogen) atoms. The first-order chi connectivity index (χ1) is 12.6. The first-order valence-electron chi connectivity index (χ1n) is 7.42. The second kappa shape index (κ2) is 8.27. The molecule has 9 heteroatoms. The molecule has 0 spiro atoms. The number of nitrogens with one attached hydrogen (secondary N) is 2. The number of hydrogen-bond donors (Lipinski definition) is 2. The molecular weight excluding hydrogens is 395 g/mol. The van der Waals surface area contributed by atoms with Crippen LogP contribution in [-0.2, 0) is 4.79 Å². The van der Waals surface area contributed by atoms with Gasteiger partial charge in [-0.05, 0) is 18.2 Å².